The number of esters is 1. The first-order valence-electron chi connectivity index (χ1n) is 6.69. The van der Waals surface area contributed by atoms with Crippen molar-refractivity contribution in [3.05, 3.63) is 46.8 Å². The molecule has 0 saturated heterocycles. The molecule has 118 valence electrons. The number of para-hydroxylation sites is 1. The molecule has 1 aromatic heterocycles. The monoisotopic (exact) mass is 330 g/mol. The number of anilines is 1. The van der Waals surface area contributed by atoms with Crippen LogP contribution in [-0.4, -0.2) is 25.6 Å². The molecular formula is C16H14N2O4S. The van der Waals surface area contributed by atoms with Crippen molar-refractivity contribution in [2.24, 2.45) is 0 Å². The summed E-state index contributed by atoms with van der Waals surface area (Å²) < 4.78 is 10.1. The predicted molar refractivity (Wildman–Crippen MR) is 85.3 cm³/mol. The second kappa shape index (κ2) is 7.96. The normalized spacial score (nSPS) is 9.74. The second-order valence-electron chi connectivity index (χ2n) is 4.47. The lowest BCUT2D eigenvalue weighted by Gasteiger charge is -2.08. The summed E-state index contributed by atoms with van der Waals surface area (Å²) in [7, 11) is 1.52. The van der Waals surface area contributed by atoms with Crippen molar-refractivity contribution < 1.29 is 19.1 Å². The first-order chi connectivity index (χ1) is 11.1. The molecule has 0 saturated carbocycles. The summed E-state index contributed by atoms with van der Waals surface area (Å²) >= 11 is 1.23. The average molecular weight is 330 g/mol. The van der Waals surface area contributed by atoms with Gasteiger partial charge in [0.05, 0.1) is 19.1 Å². The van der Waals surface area contributed by atoms with Gasteiger partial charge in [0.1, 0.15) is 16.8 Å². The van der Waals surface area contributed by atoms with Crippen LogP contribution in [0.4, 0.5) is 5.00 Å². The third-order valence-corrected chi connectivity index (χ3v) is 3.76. The fraction of sp³-hybridized carbons (Fsp3) is 0.188. The van der Waals surface area contributed by atoms with Crippen LogP contribution in [-0.2, 0) is 20.7 Å². The molecule has 7 heteroatoms. The number of ether oxygens (including phenoxy) is 2. The molecule has 23 heavy (non-hydrogen) atoms. The standard InChI is InChI=1S/C16H14N2O4S/c1-21-13-5-3-2-4-11(13)8-15(20)22-10-14(19)18-16-12(9-17)6-7-23-16/h2-7H,8,10H2,1H3,(H,18,19). The summed E-state index contributed by atoms with van der Waals surface area (Å²) in [5.41, 5.74) is 1.06. The molecule has 0 spiro atoms. The molecule has 1 N–H and O–H groups in total. The van der Waals surface area contributed by atoms with Gasteiger partial charge in [-0.2, -0.15) is 5.26 Å². The van der Waals surface area contributed by atoms with Crippen molar-refractivity contribution in [2.75, 3.05) is 19.0 Å². The van der Waals surface area contributed by atoms with Gasteiger partial charge in [0.25, 0.3) is 5.91 Å². The Morgan fingerprint density at radius 1 is 1.30 bits per heavy atom. The molecule has 0 fully saturated rings. The maximum absolute atomic E-state index is 11.8. The van der Waals surface area contributed by atoms with Crippen molar-refractivity contribution in [1.82, 2.24) is 0 Å². The summed E-state index contributed by atoms with van der Waals surface area (Å²) in [6, 6.07) is 10.7. The Labute approximate surface area is 137 Å². The van der Waals surface area contributed by atoms with E-state index < -0.39 is 18.5 Å². The fourth-order valence-corrected chi connectivity index (χ4v) is 2.61. The lowest BCUT2D eigenvalue weighted by Crippen LogP contribution is -2.21. The zero-order valence-electron chi connectivity index (χ0n) is 12.4. The van der Waals surface area contributed by atoms with Gasteiger partial charge in [-0.25, -0.2) is 0 Å². The van der Waals surface area contributed by atoms with Crippen molar-refractivity contribution in [3.63, 3.8) is 0 Å². The van der Waals surface area contributed by atoms with Crippen molar-refractivity contribution in [3.8, 4) is 11.8 Å². The molecule has 2 rings (SSSR count). The van der Waals surface area contributed by atoms with Crippen LogP contribution < -0.4 is 10.1 Å². The largest absolute Gasteiger partial charge is 0.496 e. The molecule has 0 aliphatic rings. The van der Waals surface area contributed by atoms with Crippen LogP contribution in [0.5, 0.6) is 5.75 Å². The van der Waals surface area contributed by atoms with Gasteiger partial charge in [-0.05, 0) is 17.5 Å². The van der Waals surface area contributed by atoms with E-state index in [1.165, 1.54) is 18.4 Å². The number of hydrogen-bond acceptors (Lipinski definition) is 6. The Morgan fingerprint density at radius 2 is 2.09 bits per heavy atom. The minimum absolute atomic E-state index is 0.0136. The van der Waals surface area contributed by atoms with E-state index in [9.17, 15) is 9.59 Å². The van der Waals surface area contributed by atoms with Crippen LogP contribution in [0, 0.1) is 11.3 Å². The molecule has 0 unspecified atom stereocenters. The van der Waals surface area contributed by atoms with Crippen molar-refractivity contribution >= 4 is 28.2 Å². The third-order valence-electron chi connectivity index (χ3n) is 2.93. The molecule has 6 nitrogen and oxygen atoms in total. The number of benzene rings is 1. The molecule has 2 aromatic rings. The van der Waals surface area contributed by atoms with E-state index >= 15 is 0 Å². The third kappa shape index (κ3) is 4.56. The summed E-state index contributed by atoms with van der Waals surface area (Å²) in [6.45, 7) is -0.406. The summed E-state index contributed by atoms with van der Waals surface area (Å²) in [4.78, 5) is 23.5. The summed E-state index contributed by atoms with van der Waals surface area (Å²) in [5, 5.41) is 13.5. The molecule has 0 aliphatic heterocycles. The van der Waals surface area contributed by atoms with Gasteiger partial charge in [0, 0.05) is 5.56 Å². The first-order valence-corrected chi connectivity index (χ1v) is 7.57. The molecule has 0 atom stereocenters. The lowest BCUT2D eigenvalue weighted by molar-refractivity contribution is -0.146. The van der Waals surface area contributed by atoms with Gasteiger partial charge >= 0.3 is 5.97 Å². The topological polar surface area (TPSA) is 88.4 Å². The van der Waals surface area contributed by atoms with Gasteiger partial charge in [-0.3, -0.25) is 9.59 Å². The van der Waals surface area contributed by atoms with Crippen molar-refractivity contribution in [2.45, 2.75) is 6.42 Å². The predicted octanol–water partition coefficient (Wildman–Crippen LogP) is 2.35. The van der Waals surface area contributed by atoms with Gasteiger partial charge < -0.3 is 14.8 Å². The van der Waals surface area contributed by atoms with Gasteiger partial charge in [-0.1, -0.05) is 18.2 Å². The highest BCUT2D eigenvalue weighted by Gasteiger charge is 2.13. The summed E-state index contributed by atoms with van der Waals surface area (Å²) in [6.07, 6.45) is 0.0136. The van der Waals surface area contributed by atoms with Gasteiger partial charge in [-0.15, -0.1) is 11.3 Å². The molecule has 0 bridgehead atoms. The minimum atomic E-state index is -0.531. The van der Waals surface area contributed by atoms with Crippen LogP contribution in [0.2, 0.25) is 0 Å². The maximum atomic E-state index is 11.8. The number of nitrogens with zero attached hydrogens (tertiary/aromatic N) is 1. The number of methoxy groups -OCH3 is 1. The Bertz CT molecular complexity index is 749. The number of carbonyl (C=O) groups is 2. The first kappa shape index (κ1) is 16.5. The number of nitrogens with one attached hydrogen (secondary N) is 1. The SMILES string of the molecule is COc1ccccc1CC(=O)OCC(=O)Nc1sccc1C#N. The van der Waals surface area contributed by atoms with E-state index in [1.54, 1.807) is 35.7 Å². The van der Waals surface area contributed by atoms with E-state index in [1.807, 2.05) is 6.07 Å². The average Bonchev–Trinajstić information content (AvgIpc) is 3.00. The van der Waals surface area contributed by atoms with Gasteiger partial charge in [0.15, 0.2) is 6.61 Å². The van der Waals surface area contributed by atoms with E-state index in [0.717, 1.165) is 0 Å². The molecule has 1 aromatic carbocycles. The number of rotatable bonds is 6. The molecule has 0 aliphatic carbocycles. The minimum Gasteiger partial charge on any atom is -0.496 e. The summed E-state index contributed by atoms with van der Waals surface area (Å²) in [5.74, 6) is -0.431. The highest BCUT2D eigenvalue weighted by molar-refractivity contribution is 7.14. The van der Waals surface area contributed by atoms with E-state index in [4.69, 9.17) is 14.7 Å². The van der Waals surface area contributed by atoms with Crippen LogP contribution in [0.25, 0.3) is 0 Å². The molecule has 0 radical (unpaired) electrons. The number of nitriles is 1. The number of thiophene rings is 1. The Kier molecular flexibility index (Phi) is 5.72. The van der Waals surface area contributed by atoms with Crippen LogP contribution in [0.3, 0.4) is 0 Å². The molecule has 1 amide bonds. The van der Waals surface area contributed by atoms with E-state index in [2.05, 4.69) is 5.32 Å². The van der Waals surface area contributed by atoms with Crippen LogP contribution in [0.1, 0.15) is 11.1 Å². The van der Waals surface area contributed by atoms with E-state index in [0.29, 0.717) is 21.9 Å². The van der Waals surface area contributed by atoms with Crippen LogP contribution >= 0.6 is 11.3 Å². The smallest absolute Gasteiger partial charge is 0.310 e. The fourth-order valence-electron chi connectivity index (χ4n) is 1.86. The Balaban J connectivity index is 1.85. The zero-order valence-corrected chi connectivity index (χ0v) is 13.2. The van der Waals surface area contributed by atoms with Gasteiger partial charge in [0.2, 0.25) is 0 Å². The second-order valence-corrected chi connectivity index (χ2v) is 5.39. The lowest BCUT2D eigenvalue weighted by atomic mass is 10.1. The maximum Gasteiger partial charge on any atom is 0.310 e. The molecular weight excluding hydrogens is 316 g/mol. The highest BCUT2D eigenvalue weighted by Crippen LogP contribution is 2.22. The zero-order chi connectivity index (χ0) is 16.7. The Hall–Kier alpha value is -2.85. The van der Waals surface area contributed by atoms with Crippen molar-refractivity contribution in [1.29, 1.82) is 5.26 Å². The Morgan fingerprint density at radius 3 is 2.83 bits per heavy atom. The number of hydrogen-bond donors (Lipinski definition) is 1. The number of amides is 1. The highest BCUT2D eigenvalue weighted by atomic mass is 32.1. The quantitative estimate of drug-likeness (QED) is 0.821. The molecule has 1 heterocycles. The van der Waals surface area contributed by atoms with E-state index in [-0.39, 0.29) is 6.42 Å². The van der Waals surface area contributed by atoms with Crippen LogP contribution in [0.15, 0.2) is 35.7 Å². The number of carbonyl (C=O) groups excluding carboxylic acids is 2.